The van der Waals surface area contributed by atoms with Gasteiger partial charge in [-0.05, 0) is 54.4 Å². The van der Waals surface area contributed by atoms with Gasteiger partial charge in [-0.15, -0.1) is 0 Å². The zero-order chi connectivity index (χ0) is 22.3. The monoisotopic (exact) mass is 429 g/mol. The van der Waals surface area contributed by atoms with Crippen molar-refractivity contribution in [2.24, 2.45) is 0 Å². The first-order valence-electron chi connectivity index (χ1n) is 10.0. The second-order valence-corrected chi connectivity index (χ2v) is 7.07. The predicted octanol–water partition coefficient (Wildman–Crippen LogP) is 4.70. The summed E-state index contributed by atoms with van der Waals surface area (Å²) in [7, 11) is 1.59. The molecule has 0 spiro atoms. The Balaban J connectivity index is 1.29. The first-order chi connectivity index (χ1) is 15.6. The van der Waals surface area contributed by atoms with Crippen LogP contribution in [-0.4, -0.2) is 27.9 Å². The van der Waals surface area contributed by atoms with Crippen molar-refractivity contribution in [2.75, 3.05) is 12.4 Å². The molecule has 0 saturated carbocycles. The molecule has 0 radical (unpaired) electrons. The second kappa shape index (κ2) is 9.65. The van der Waals surface area contributed by atoms with Crippen LogP contribution in [0.3, 0.4) is 0 Å². The van der Waals surface area contributed by atoms with Crippen molar-refractivity contribution < 1.29 is 14.3 Å². The van der Waals surface area contributed by atoms with E-state index in [9.17, 15) is 4.79 Å². The zero-order valence-corrected chi connectivity index (χ0v) is 17.8. The fourth-order valence-corrected chi connectivity index (χ4v) is 3.03. The maximum Gasteiger partial charge on any atom is 0.319 e. The number of hydrogen-bond donors (Lipinski definition) is 2. The Kier molecular flexibility index (Phi) is 6.31. The predicted molar refractivity (Wildman–Crippen MR) is 121 cm³/mol. The summed E-state index contributed by atoms with van der Waals surface area (Å²) in [6.07, 6.45) is 5.14. The largest absolute Gasteiger partial charge is 0.493 e. The number of urea groups is 1. The third-order valence-electron chi connectivity index (χ3n) is 4.69. The molecule has 8 nitrogen and oxygen atoms in total. The maximum atomic E-state index is 12.2. The molecule has 2 amide bonds. The molecule has 0 bridgehead atoms. The highest BCUT2D eigenvalue weighted by atomic mass is 16.5. The van der Waals surface area contributed by atoms with Crippen LogP contribution >= 0.6 is 0 Å². The molecule has 0 saturated heterocycles. The van der Waals surface area contributed by atoms with Gasteiger partial charge in [0.15, 0.2) is 11.5 Å². The summed E-state index contributed by atoms with van der Waals surface area (Å²) in [5.41, 5.74) is 3.56. The molecule has 162 valence electrons. The van der Waals surface area contributed by atoms with E-state index in [2.05, 4.69) is 20.7 Å². The molecule has 2 aromatic carbocycles. The van der Waals surface area contributed by atoms with Crippen molar-refractivity contribution in [1.82, 2.24) is 20.1 Å². The van der Waals surface area contributed by atoms with Crippen LogP contribution in [0.5, 0.6) is 17.4 Å². The first-order valence-corrected chi connectivity index (χ1v) is 10.0. The molecular weight excluding hydrogens is 406 g/mol. The number of carbonyl (C=O) groups is 1. The van der Waals surface area contributed by atoms with Crippen LogP contribution < -0.4 is 20.1 Å². The summed E-state index contributed by atoms with van der Waals surface area (Å²) in [6, 6.07) is 18.4. The second-order valence-electron chi connectivity index (χ2n) is 7.07. The minimum Gasteiger partial charge on any atom is -0.493 e. The summed E-state index contributed by atoms with van der Waals surface area (Å²) in [6.45, 7) is 2.37. The number of aryl methyl sites for hydroxylation is 1. The lowest BCUT2D eigenvalue weighted by Crippen LogP contribution is -2.28. The number of hydrogen-bond acceptors (Lipinski definition) is 5. The molecule has 4 aromatic rings. The van der Waals surface area contributed by atoms with Gasteiger partial charge in [-0.3, -0.25) is 0 Å². The molecular formula is C24H23N5O3. The third-order valence-corrected chi connectivity index (χ3v) is 4.69. The van der Waals surface area contributed by atoms with Crippen molar-refractivity contribution in [2.45, 2.75) is 13.5 Å². The molecule has 0 aliphatic heterocycles. The SMILES string of the molecule is COc1cc(C)ccc1Oc1ccc(NC(=O)NCc2ccc(-n3cccn3)cc2)cn1. The third kappa shape index (κ3) is 5.23. The highest BCUT2D eigenvalue weighted by molar-refractivity contribution is 5.89. The topological polar surface area (TPSA) is 90.3 Å². The van der Waals surface area contributed by atoms with Crippen LogP contribution in [0, 0.1) is 6.92 Å². The summed E-state index contributed by atoms with van der Waals surface area (Å²) in [5.74, 6) is 1.60. The molecule has 2 heterocycles. The average molecular weight is 429 g/mol. The number of methoxy groups -OCH3 is 1. The summed E-state index contributed by atoms with van der Waals surface area (Å²) >= 11 is 0. The minimum absolute atomic E-state index is 0.322. The van der Waals surface area contributed by atoms with E-state index in [1.54, 1.807) is 30.1 Å². The zero-order valence-electron chi connectivity index (χ0n) is 17.8. The van der Waals surface area contributed by atoms with Crippen molar-refractivity contribution in [3.8, 4) is 23.1 Å². The number of pyridine rings is 1. The molecule has 0 aliphatic rings. The van der Waals surface area contributed by atoms with Crippen LogP contribution in [0.25, 0.3) is 5.69 Å². The Morgan fingerprint density at radius 1 is 1.06 bits per heavy atom. The van der Waals surface area contributed by atoms with Crippen LogP contribution in [0.4, 0.5) is 10.5 Å². The van der Waals surface area contributed by atoms with Crippen LogP contribution in [0.2, 0.25) is 0 Å². The van der Waals surface area contributed by atoms with E-state index in [4.69, 9.17) is 9.47 Å². The number of aromatic nitrogens is 3. The van der Waals surface area contributed by atoms with E-state index < -0.39 is 0 Å². The number of rotatable bonds is 7. The minimum atomic E-state index is -0.322. The normalized spacial score (nSPS) is 10.4. The number of ether oxygens (including phenoxy) is 2. The fourth-order valence-electron chi connectivity index (χ4n) is 3.03. The van der Waals surface area contributed by atoms with Gasteiger partial charge in [0.2, 0.25) is 5.88 Å². The van der Waals surface area contributed by atoms with Gasteiger partial charge >= 0.3 is 6.03 Å². The van der Waals surface area contributed by atoms with Gasteiger partial charge in [0.1, 0.15) is 0 Å². The van der Waals surface area contributed by atoms with Crippen molar-refractivity contribution in [3.05, 3.63) is 90.4 Å². The molecule has 0 unspecified atom stereocenters. The average Bonchev–Trinajstić information content (AvgIpc) is 3.35. The van der Waals surface area contributed by atoms with Crippen LogP contribution in [0.15, 0.2) is 79.3 Å². The lowest BCUT2D eigenvalue weighted by molar-refractivity contribution is 0.251. The summed E-state index contributed by atoms with van der Waals surface area (Å²) in [5, 5.41) is 9.78. The molecule has 32 heavy (non-hydrogen) atoms. The van der Waals surface area contributed by atoms with E-state index in [1.807, 2.05) is 61.7 Å². The standard InChI is InChI=1S/C24H23N5O3/c1-17-4-10-21(22(14-17)31-2)32-23-11-7-19(16-25-23)28-24(30)26-15-18-5-8-20(9-6-18)29-13-3-12-27-29/h3-14,16H,15H2,1-2H3,(H2,26,28,30). The number of carbonyl (C=O) groups excluding carboxylic acids is 1. The van der Waals surface area contributed by atoms with Gasteiger partial charge in [0, 0.05) is 25.0 Å². The highest BCUT2D eigenvalue weighted by Gasteiger charge is 2.08. The Bertz CT molecular complexity index is 1170. The van der Waals surface area contributed by atoms with Gasteiger partial charge in [-0.1, -0.05) is 18.2 Å². The number of amides is 2. The van der Waals surface area contributed by atoms with Gasteiger partial charge in [0.05, 0.1) is 24.7 Å². The van der Waals surface area contributed by atoms with Crippen LogP contribution in [-0.2, 0) is 6.54 Å². The molecule has 2 aromatic heterocycles. The number of anilines is 1. The number of nitrogens with one attached hydrogen (secondary N) is 2. The van der Waals surface area contributed by atoms with Gasteiger partial charge in [-0.25, -0.2) is 14.5 Å². The van der Waals surface area contributed by atoms with E-state index >= 15 is 0 Å². The highest BCUT2D eigenvalue weighted by Crippen LogP contribution is 2.31. The lowest BCUT2D eigenvalue weighted by Gasteiger charge is -2.11. The van der Waals surface area contributed by atoms with E-state index in [0.29, 0.717) is 29.6 Å². The Hall–Kier alpha value is -4.33. The molecule has 8 heteroatoms. The summed E-state index contributed by atoms with van der Waals surface area (Å²) in [4.78, 5) is 16.5. The first kappa shape index (κ1) is 20.9. The van der Waals surface area contributed by atoms with E-state index in [1.165, 1.54) is 6.20 Å². The molecule has 0 fully saturated rings. The van der Waals surface area contributed by atoms with Gasteiger partial charge in [-0.2, -0.15) is 5.10 Å². The fraction of sp³-hybridized carbons (Fsp3) is 0.125. The number of nitrogens with zero attached hydrogens (tertiary/aromatic N) is 3. The molecule has 0 aliphatic carbocycles. The van der Waals surface area contributed by atoms with E-state index in [0.717, 1.165) is 16.8 Å². The molecule has 0 atom stereocenters. The van der Waals surface area contributed by atoms with Crippen molar-refractivity contribution in [3.63, 3.8) is 0 Å². The number of benzene rings is 2. The van der Waals surface area contributed by atoms with Gasteiger partial charge in [0.25, 0.3) is 0 Å². The Morgan fingerprint density at radius 3 is 2.59 bits per heavy atom. The smallest absolute Gasteiger partial charge is 0.319 e. The molecule has 4 rings (SSSR count). The lowest BCUT2D eigenvalue weighted by atomic mass is 10.2. The van der Waals surface area contributed by atoms with Gasteiger partial charge < -0.3 is 20.1 Å². The van der Waals surface area contributed by atoms with Crippen molar-refractivity contribution in [1.29, 1.82) is 0 Å². The molecule has 2 N–H and O–H groups in total. The Morgan fingerprint density at radius 2 is 1.91 bits per heavy atom. The van der Waals surface area contributed by atoms with E-state index in [-0.39, 0.29) is 6.03 Å². The summed E-state index contributed by atoms with van der Waals surface area (Å²) < 4.78 is 12.9. The quantitative estimate of drug-likeness (QED) is 0.444. The maximum absolute atomic E-state index is 12.2. The Labute approximate surface area is 185 Å². The van der Waals surface area contributed by atoms with Crippen LogP contribution in [0.1, 0.15) is 11.1 Å². The van der Waals surface area contributed by atoms with Crippen molar-refractivity contribution >= 4 is 11.7 Å².